The van der Waals surface area contributed by atoms with Crippen LogP contribution < -0.4 is 5.32 Å². The van der Waals surface area contributed by atoms with Gasteiger partial charge in [0.1, 0.15) is 6.33 Å². The van der Waals surface area contributed by atoms with Gasteiger partial charge in [0.15, 0.2) is 5.82 Å². The van der Waals surface area contributed by atoms with Gasteiger partial charge in [0.05, 0.1) is 5.92 Å². The second-order valence-electron chi connectivity index (χ2n) is 8.01. The van der Waals surface area contributed by atoms with Gasteiger partial charge in [0.25, 0.3) is 0 Å². The van der Waals surface area contributed by atoms with Crippen LogP contribution in [0.4, 0.5) is 10.5 Å². The largest absolute Gasteiger partial charge is 0.326 e. The molecule has 2 aliphatic heterocycles. The topological polar surface area (TPSA) is 94.2 Å². The van der Waals surface area contributed by atoms with Gasteiger partial charge in [-0.1, -0.05) is 0 Å². The van der Waals surface area contributed by atoms with Gasteiger partial charge in [-0.15, -0.1) is 11.3 Å². The maximum absolute atomic E-state index is 13.1. The number of hydrogen-bond acceptors (Lipinski definition) is 5. The average molecular weight is 437 g/mol. The molecule has 8 nitrogen and oxygen atoms in total. The van der Waals surface area contributed by atoms with E-state index in [1.807, 2.05) is 34.1 Å². The van der Waals surface area contributed by atoms with Crippen molar-refractivity contribution in [2.24, 2.45) is 5.92 Å². The predicted octanol–water partition coefficient (Wildman–Crippen LogP) is 3.36. The number of aromatic amines is 1. The first-order valence-corrected chi connectivity index (χ1v) is 11.4. The normalized spacial score (nSPS) is 18.5. The summed E-state index contributed by atoms with van der Waals surface area (Å²) >= 11 is 1.77. The molecule has 1 unspecified atom stereocenters. The lowest BCUT2D eigenvalue weighted by molar-refractivity contribution is -0.121. The molecule has 0 radical (unpaired) electrons. The Labute approximate surface area is 184 Å². The summed E-state index contributed by atoms with van der Waals surface area (Å²) in [5.74, 6) is 0.448. The molecule has 3 aromatic rings. The minimum atomic E-state index is -0.201. The summed E-state index contributed by atoms with van der Waals surface area (Å²) in [6.45, 7) is 2.59. The zero-order valence-corrected chi connectivity index (χ0v) is 17.9. The lowest BCUT2D eigenvalue weighted by atomic mass is 9.97. The number of carbonyl (C=O) groups is 2. The number of likely N-dealkylation sites (tertiary alicyclic amines) is 1. The first-order valence-electron chi connectivity index (χ1n) is 10.5. The highest BCUT2D eigenvalue weighted by Crippen LogP contribution is 2.26. The molecule has 1 aromatic carbocycles. The van der Waals surface area contributed by atoms with Crippen LogP contribution in [0, 0.1) is 5.92 Å². The predicted molar refractivity (Wildman–Crippen MR) is 119 cm³/mol. The van der Waals surface area contributed by atoms with Crippen molar-refractivity contribution in [2.75, 3.05) is 25.0 Å². The Morgan fingerprint density at radius 1 is 1.13 bits per heavy atom. The van der Waals surface area contributed by atoms with E-state index in [1.165, 1.54) is 16.8 Å². The van der Waals surface area contributed by atoms with E-state index >= 15 is 0 Å². The molecule has 0 saturated carbocycles. The zero-order valence-electron chi connectivity index (χ0n) is 17.1. The van der Waals surface area contributed by atoms with E-state index in [0.717, 1.165) is 37.1 Å². The number of amides is 3. The second kappa shape index (κ2) is 8.50. The van der Waals surface area contributed by atoms with Crippen molar-refractivity contribution in [1.29, 1.82) is 0 Å². The number of nitrogens with one attached hydrogen (secondary N) is 2. The summed E-state index contributed by atoms with van der Waals surface area (Å²) in [4.78, 5) is 35.2. The Morgan fingerprint density at radius 3 is 2.81 bits per heavy atom. The van der Waals surface area contributed by atoms with Crippen LogP contribution in [0.3, 0.4) is 0 Å². The monoisotopic (exact) mass is 436 g/mol. The molecule has 2 N–H and O–H groups in total. The number of H-pyrrole nitrogens is 1. The number of rotatable bonds is 3. The Morgan fingerprint density at radius 2 is 2.00 bits per heavy atom. The smallest absolute Gasteiger partial charge is 0.320 e. The molecule has 4 heterocycles. The summed E-state index contributed by atoms with van der Waals surface area (Å²) in [5, 5.41) is 11.8. The Balaban J connectivity index is 1.19. The average Bonchev–Trinajstić information content (AvgIpc) is 3.51. The fraction of sp³-hybridized carbons (Fsp3) is 0.364. The molecule has 31 heavy (non-hydrogen) atoms. The summed E-state index contributed by atoms with van der Waals surface area (Å²) < 4.78 is 0. The van der Waals surface area contributed by atoms with Crippen LogP contribution in [-0.4, -0.2) is 56.6 Å². The molecular formula is C22H24N6O2S. The maximum Gasteiger partial charge on any atom is 0.320 e. The molecule has 2 aromatic heterocycles. The minimum Gasteiger partial charge on any atom is -0.326 e. The lowest BCUT2D eigenvalue weighted by Gasteiger charge is -2.37. The molecule has 1 saturated heterocycles. The third-order valence-electron chi connectivity index (χ3n) is 5.98. The van der Waals surface area contributed by atoms with Crippen molar-refractivity contribution in [2.45, 2.75) is 25.8 Å². The second-order valence-corrected chi connectivity index (χ2v) is 9.01. The van der Waals surface area contributed by atoms with Gasteiger partial charge < -0.3 is 15.1 Å². The van der Waals surface area contributed by atoms with Gasteiger partial charge >= 0.3 is 6.03 Å². The van der Waals surface area contributed by atoms with Crippen LogP contribution in [0.2, 0.25) is 0 Å². The fourth-order valence-corrected chi connectivity index (χ4v) is 5.17. The van der Waals surface area contributed by atoms with Crippen LogP contribution in [0.1, 0.15) is 23.3 Å². The summed E-state index contributed by atoms with van der Waals surface area (Å²) in [7, 11) is 0. The number of piperidine rings is 1. The van der Waals surface area contributed by atoms with Crippen molar-refractivity contribution in [3.8, 4) is 11.4 Å². The van der Waals surface area contributed by atoms with E-state index < -0.39 is 0 Å². The molecule has 0 aliphatic carbocycles. The van der Waals surface area contributed by atoms with E-state index in [1.54, 1.807) is 11.3 Å². The van der Waals surface area contributed by atoms with E-state index in [0.29, 0.717) is 25.5 Å². The highest BCUT2D eigenvalue weighted by atomic mass is 32.1. The van der Waals surface area contributed by atoms with Gasteiger partial charge in [-0.05, 0) is 60.5 Å². The molecule has 160 valence electrons. The molecule has 0 spiro atoms. The number of carbonyl (C=O) groups excluding carboxylic acids is 2. The Bertz CT molecular complexity index is 1060. The van der Waals surface area contributed by atoms with Crippen LogP contribution in [0.5, 0.6) is 0 Å². The molecule has 5 rings (SSSR count). The Hall–Kier alpha value is -3.20. The van der Waals surface area contributed by atoms with E-state index in [9.17, 15) is 9.59 Å². The van der Waals surface area contributed by atoms with Crippen molar-refractivity contribution in [3.63, 3.8) is 0 Å². The number of aromatic nitrogens is 3. The Kier molecular flexibility index (Phi) is 5.42. The van der Waals surface area contributed by atoms with Crippen LogP contribution in [-0.2, 0) is 17.8 Å². The number of nitrogens with zero attached hydrogens (tertiary/aromatic N) is 4. The molecule has 1 fully saturated rings. The summed E-state index contributed by atoms with van der Waals surface area (Å²) in [6.07, 6.45) is 4.01. The van der Waals surface area contributed by atoms with Crippen molar-refractivity contribution in [3.05, 3.63) is 52.5 Å². The molecule has 0 bridgehead atoms. The highest BCUT2D eigenvalue weighted by Gasteiger charge is 2.32. The van der Waals surface area contributed by atoms with Gasteiger partial charge in [-0.3, -0.25) is 9.89 Å². The molecular weight excluding hydrogens is 412 g/mol. The number of thiophene rings is 1. The van der Waals surface area contributed by atoms with Gasteiger partial charge in [-0.25, -0.2) is 9.78 Å². The maximum atomic E-state index is 13.1. The molecule has 2 aliphatic rings. The quantitative estimate of drug-likeness (QED) is 0.658. The number of anilines is 1. The third-order valence-corrected chi connectivity index (χ3v) is 7.00. The number of hydrogen-bond donors (Lipinski definition) is 2. The van der Waals surface area contributed by atoms with Crippen LogP contribution in [0.25, 0.3) is 11.4 Å². The molecule has 9 heteroatoms. The van der Waals surface area contributed by atoms with Gasteiger partial charge in [-0.2, -0.15) is 5.10 Å². The standard InChI is InChI=1S/C22H24N6O2S/c29-21(25-18-5-3-15(4-6-18)20-23-14-24-26-20)17-2-1-9-27(13-17)22(30)28-10-7-19-16(12-28)8-11-31-19/h3-6,8,11,14,17H,1-2,7,9-10,12-13H2,(H,25,29)(H,23,24,26). The van der Waals surface area contributed by atoms with Crippen molar-refractivity contribution >= 4 is 29.0 Å². The van der Waals surface area contributed by atoms with Crippen LogP contribution >= 0.6 is 11.3 Å². The number of fused-ring (bicyclic) bond motifs is 1. The molecule has 3 amide bonds. The first-order chi connectivity index (χ1) is 15.2. The van der Waals surface area contributed by atoms with E-state index in [-0.39, 0.29) is 17.9 Å². The highest BCUT2D eigenvalue weighted by molar-refractivity contribution is 7.10. The number of urea groups is 1. The first kappa shape index (κ1) is 19.7. The zero-order chi connectivity index (χ0) is 21.2. The SMILES string of the molecule is O=C(Nc1ccc(-c2ncn[nH]2)cc1)C1CCCN(C(=O)N2CCc3sccc3C2)C1. The third kappa shape index (κ3) is 4.18. The fourth-order valence-electron chi connectivity index (χ4n) is 4.28. The van der Waals surface area contributed by atoms with E-state index in [4.69, 9.17) is 0 Å². The minimum absolute atomic E-state index is 0.0383. The summed E-state index contributed by atoms with van der Waals surface area (Å²) in [6, 6.07) is 9.65. The number of benzene rings is 1. The summed E-state index contributed by atoms with van der Waals surface area (Å²) in [5.41, 5.74) is 2.89. The van der Waals surface area contributed by atoms with Gasteiger partial charge in [0, 0.05) is 42.3 Å². The van der Waals surface area contributed by atoms with Gasteiger partial charge in [0.2, 0.25) is 5.91 Å². The lowest BCUT2D eigenvalue weighted by Crippen LogP contribution is -2.50. The van der Waals surface area contributed by atoms with Crippen LogP contribution in [0.15, 0.2) is 42.0 Å². The van der Waals surface area contributed by atoms with E-state index in [2.05, 4.69) is 31.9 Å². The molecule has 1 atom stereocenters. The van der Waals surface area contributed by atoms with Crippen molar-refractivity contribution < 1.29 is 9.59 Å². The van der Waals surface area contributed by atoms with Crippen molar-refractivity contribution in [1.82, 2.24) is 25.0 Å².